The standard InChI is InChI=1S/C22H23ClN6O3/c23-16-5-4-14-11-17(16)32-10-2-1-3-18(30)28-6-8-29(9-7-28)21-19-15(12-24-14)22(31)27-20(19)25-13-26-21/h4-5,11-13,24H,1-3,6-10H2,(H,25,26,27,31)/b15-12-. The number of aromatic nitrogens is 2. The first-order valence-corrected chi connectivity index (χ1v) is 11.1. The highest BCUT2D eigenvalue weighted by molar-refractivity contribution is 6.33. The number of ether oxygens (including phenoxy) is 1. The quantitative estimate of drug-likeness (QED) is 0.631. The van der Waals surface area contributed by atoms with E-state index >= 15 is 0 Å². The van der Waals surface area contributed by atoms with Crippen LogP contribution in [0.15, 0.2) is 30.7 Å². The van der Waals surface area contributed by atoms with Gasteiger partial charge in [0, 0.05) is 50.6 Å². The minimum absolute atomic E-state index is 0.153. The number of halogens is 1. The number of hydrogen-bond donors (Lipinski definition) is 2. The molecule has 0 aliphatic carbocycles. The van der Waals surface area contributed by atoms with Gasteiger partial charge in [-0.05, 0) is 25.0 Å². The Morgan fingerprint density at radius 1 is 1.03 bits per heavy atom. The van der Waals surface area contributed by atoms with E-state index in [9.17, 15) is 9.59 Å². The van der Waals surface area contributed by atoms with Gasteiger partial charge in [-0.3, -0.25) is 9.59 Å². The summed E-state index contributed by atoms with van der Waals surface area (Å²) in [7, 11) is 0. The van der Waals surface area contributed by atoms with Crippen LogP contribution in [-0.2, 0) is 9.59 Å². The van der Waals surface area contributed by atoms with Crippen molar-refractivity contribution in [3.05, 3.63) is 41.3 Å². The number of nitrogens with zero attached hydrogens (tertiary/aromatic N) is 4. The number of benzene rings is 1. The van der Waals surface area contributed by atoms with E-state index in [0.29, 0.717) is 72.8 Å². The molecule has 0 radical (unpaired) electrons. The molecule has 0 spiro atoms. The molecule has 9 nitrogen and oxygen atoms in total. The van der Waals surface area contributed by atoms with Gasteiger partial charge in [0.15, 0.2) is 0 Å². The minimum atomic E-state index is -0.247. The summed E-state index contributed by atoms with van der Waals surface area (Å²) in [6.07, 6.45) is 5.12. The van der Waals surface area contributed by atoms with Gasteiger partial charge in [-0.2, -0.15) is 0 Å². The van der Waals surface area contributed by atoms with E-state index in [0.717, 1.165) is 18.5 Å². The maximum atomic E-state index is 12.7. The van der Waals surface area contributed by atoms with Crippen molar-refractivity contribution < 1.29 is 14.3 Å². The Morgan fingerprint density at radius 3 is 2.69 bits per heavy atom. The van der Waals surface area contributed by atoms with Crippen LogP contribution in [0.2, 0.25) is 5.02 Å². The van der Waals surface area contributed by atoms with Gasteiger partial charge in [0.1, 0.15) is 23.7 Å². The zero-order valence-electron chi connectivity index (χ0n) is 17.4. The summed E-state index contributed by atoms with van der Waals surface area (Å²) in [4.78, 5) is 38.0. The van der Waals surface area contributed by atoms with Gasteiger partial charge in [-0.15, -0.1) is 0 Å². The Labute approximate surface area is 190 Å². The van der Waals surface area contributed by atoms with Crippen molar-refractivity contribution in [2.45, 2.75) is 19.3 Å². The molecule has 0 atom stereocenters. The van der Waals surface area contributed by atoms with Crippen molar-refractivity contribution in [3.8, 4) is 5.75 Å². The number of amides is 2. The van der Waals surface area contributed by atoms with Crippen LogP contribution in [0.5, 0.6) is 5.75 Å². The van der Waals surface area contributed by atoms with E-state index in [1.165, 1.54) is 6.33 Å². The lowest BCUT2D eigenvalue weighted by Gasteiger charge is -2.36. The molecule has 2 aromatic rings. The average Bonchev–Trinajstić information content (AvgIpc) is 3.13. The molecule has 5 heterocycles. The number of hydrogen-bond acceptors (Lipinski definition) is 7. The van der Waals surface area contributed by atoms with Gasteiger partial charge >= 0.3 is 0 Å². The van der Waals surface area contributed by atoms with Crippen molar-refractivity contribution in [1.82, 2.24) is 14.9 Å². The van der Waals surface area contributed by atoms with Gasteiger partial charge in [0.2, 0.25) is 5.91 Å². The minimum Gasteiger partial charge on any atom is -0.492 e. The van der Waals surface area contributed by atoms with Crippen LogP contribution in [-0.4, -0.2) is 59.5 Å². The molecule has 2 amide bonds. The third kappa shape index (κ3) is 3.95. The second-order valence-electron chi connectivity index (χ2n) is 7.90. The second-order valence-corrected chi connectivity index (χ2v) is 8.30. The molecule has 4 bridgehead atoms. The van der Waals surface area contributed by atoms with E-state index in [1.54, 1.807) is 18.3 Å². The zero-order valence-corrected chi connectivity index (χ0v) is 18.2. The number of piperazine rings is 1. The van der Waals surface area contributed by atoms with Crippen molar-refractivity contribution in [2.75, 3.05) is 48.3 Å². The highest BCUT2D eigenvalue weighted by Crippen LogP contribution is 2.37. The highest BCUT2D eigenvalue weighted by Gasteiger charge is 2.32. The van der Waals surface area contributed by atoms with Crippen molar-refractivity contribution in [2.24, 2.45) is 0 Å². The molecule has 166 valence electrons. The molecule has 1 saturated heterocycles. The first-order chi connectivity index (χ1) is 15.6. The van der Waals surface area contributed by atoms with E-state index in [4.69, 9.17) is 16.3 Å². The van der Waals surface area contributed by atoms with Crippen LogP contribution in [0.25, 0.3) is 5.57 Å². The molecule has 0 unspecified atom stereocenters. The molecule has 1 fully saturated rings. The van der Waals surface area contributed by atoms with Gasteiger partial charge in [-0.1, -0.05) is 11.6 Å². The predicted molar refractivity (Wildman–Crippen MR) is 122 cm³/mol. The first-order valence-electron chi connectivity index (χ1n) is 10.7. The number of rotatable bonds is 0. The number of anilines is 3. The van der Waals surface area contributed by atoms with Gasteiger partial charge < -0.3 is 25.2 Å². The maximum Gasteiger partial charge on any atom is 0.259 e. The van der Waals surface area contributed by atoms with E-state index in [2.05, 4.69) is 25.5 Å². The number of nitrogens with one attached hydrogen (secondary N) is 2. The van der Waals surface area contributed by atoms with Crippen LogP contribution in [0.4, 0.5) is 17.3 Å². The fourth-order valence-electron chi connectivity index (χ4n) is 4.13. The molecular weight excluding hydrogens is 432 g/mol. The Hall–Kier alpha value is -3.33. The Kier molecular flexibility index (Phi) is 5.57. The lowest BCUT2D eigenvalue weighted by molar-refractivity contribution is -0.131. The third-order valence-electron chi connectivity index (χ3n) is 5.86. The summed E-state index contributed by atoms with van der Waals surface area (Å²) in [5.41, 5.74) is 1.85. The largest absolute Gasteiger partial charge is 0.492 e. The van der Waals surface area contributed by atoms with Gasteiger partial charge in [0.25, 0.3) is 5.91 Å². The summed E-state index contributed by atoms with van der Waals surface area (Å²) >= 11 is 6.27. The lowest BCUT2D eigenvalue weighted by Crippen LogP contribution is -2.49. The van der Waals surface area contributed by atoms with Crippen molar-refractivity contribution >= 4 is 46.3 Å². The summed E-state index contributed by atoms with van der Waals surface area (Å²) in [5, 5.41) is 6.50. The van der Waals surface area contributed by atoms with Gasteiger partial charge in [-0.25, -0.2) is 9.97 Å². The Morgan fingerprint density at radius 2 is 1.84 bits per heavy atom. The fourth-order valence-corrected chi connectivity index (χ4v) is 4.30. The average molecular weight is 455 g/mol. The zero-order chi connectivity index (χ0) is 22.1. The van der Waals surface area contributed by atoms with Crippen LogP contribution in [0, 0.1) is 0 Å². The van der Waals surface area contributed by atoms with Crippen LogP contribution in [0.1, 0.15) is 24.8 Å². The summed E-state index contributed by atoms with van der Waals surface area (Å²) in [6, 6.07) is 5.36. The monoisotopic (exact) mass is 454 g/mol. The number of carbonyl (C=O) groups is 2. The molecule has 2 N–H and O–H groups in total. The third-order valence-corrected chi connectivity index (χ3v) is 6.17. The fraction of sp³-hybridized carbons (Fsp3) is 0.364. The van der Waals surface area contributed by atoms with E-state index in [1.807, 2.05) is 11.0 Å². The summed E-state index contributed by atoms with van der Waals surface area (Å²) < 4.78 is 5.84. The molecule has 6 rings (SSSR count). The lowest BCUT2D eigenvalue weighted by atomic mass is 10.1. The van der Waals surface area contributed by atoms with Gasteiger partial charge in [0.05, 0.1) is 22.8 Å². The molecule has 4 aliphatic rings. The van der Waals surface area contributed by atoms with E-state index < -0.39 is 0 Å². The SMILES string of the molecule is O=C1Nc2ncnc3c2/C1=C/Nc1ccc(Cl)c(c1)OCCCCC(=O)N1CCN3CC1. The molecule has 1 aromatic carbocycles. The molecule has 32 heavy (non-hydrogen) atoms. The maximum absolute atomic E-state index is 12.7. The second kappa shape index (κ2) is 8.66. The molecule has 0 saturated carbocycles. The normalized spacial score (nSPS) is 20.3. The first kappa shape index (κ1) is 20.6. The number of carbonyl (C=O) groups excluding carboxylic acids is 2. The molecular formula is C22H23ClN6O3. The highest BCUT2D eigenvalue weighted by atomic mass is 35.5. The van der Waals surface area contributed by atoms with Crippen LogP contribution >= 0.6 is 11.6 Å². The Bertz CT molecular complexity index is 1100. The van der Waals surface area contributed by atoms with Crippen molar-refractivity contribution in [1.29, 1.82) is 0 Å². The van der Waals surface area contributed by atoms with Crippen molar-refractivity contribution in [3.63, 3.8) is 0 Å². The molecule has 1 aromatic heterocycles. The smallest absolute Gasteiger partial charge is 0.259 e. The summed E-state index contributed by atoms with van der Waals surface area (Å²) in [5.74, 6) is 1.64. The van der Waals surface area contributed by atoms with Crippen LogP contribution < -0.4 is 20.3 Å². The topological polar surface area (TPSA) is 99.7 Å². The predicted octanol–water partition coefficient (Wildman–Crippen LogP) is 2.75. The van der Waals surface area contributed by atoms with Crippen LogP contribution in [0.3, 0.4) is 0 Å². The Balaban J connectivity index is 1.52. The number of fused-ring (bicyclic) bond motifs is 8. The van der Waals surface area contributed by atoms with E-state index in [-0.39, 0.29) is 11.8 Å². The molecule has 4 aliphatic heterocycles. The summed E-state index contributed by atoms with van der Waals surface area (Å²) in [6.45, 7) is 3.00. The molecule has 10 heteroatoms.